The summed E-state index contributed by atoms with van der Waals surface area (Å²) in [7, 11) is 0. The molecule has 17 heavy (non-hydrogen) atoms. The maximum absolute atomic E-state index is 12.7. The zero-order chi connectivity index (χ0) is 13.1. The fourth-order valence-corrected chi connectivity index (χ4v) is 1.43. The largest absolute Gasteiger partial charge is 0.326 e. The van der Waals surface area contributed by atoms with Crippen molar-refractivity contribution < 1.29 is 17.6 Å². The summed E-state index contributed by atoms with van der Waals surface area (Å²) in [5.74, 6) is -3.96. The Labute approximate surface area is 96.8 Å². The summed E-state index contributed by atoms with van der Waals surface area (Å²) in [5, 5.41) is 0. The maximum atomic E-state index is 12.7. The highest BCUT2D eigenvalue weighted by molar-refractivity contribution is 5.24. The van der Waals surface area contributed by atoms with Gasteiger partial charge < -0.3 is 5.73 Å². The molecule has 96 valence electrons. The second-order valence-electron chi connectivity index (χ2n) is 3.87. The van der Waals surface area contributed by atoms with Gasteiger partial charge in [-0.3, -0.25) is 4.98 Å². The fraction of sp³-hybridized carbons (Fsp3) is 0.545. The van der Waals surface area contributed by atoms with E-state index in [1.54, 1.807) is 13.0 Å². The minimum Gasteiger partial charge on any atom is -0.326 e. The SMILES string of the molecule is Cc1cc(CN)cnc1CCC(F)(F)C(F)F. The van der Waals surface area contributed by atoms with Gasteiger partial charge in [0.1, 0.15) is 0 Å². The van der Waals surface area contributed by atoms with Crippen LogP contribution in [0.5, 0.6) is 0 Å². The van der Waals surface area contributed by atoms with Gasteiger partial charge in [-0.1, -0.05) is 6.07 Å². The summed E-state index contributed by atoms with van der Waals surface area (Å²) in [4.78, 5) is 3.95. The monoisotopic (exact) mass is 250 g/mol. The summed E-state index contributed by atoms with van der Waals surface area (Å²) >= 11 is 0. The van der Waals surface area contributed by atoms with Crippen molar-refractivity contribution in [3.63, 3.8) is 0 Å². The lowest BCUT2D eigenvalue weighted by molar-refractivity contribution is -0.132. The molecule has 0 unspecified atom stereocenters. The molecule has 0 aromatic carbocycles. The summed E-state index contributed by atoms with van der Waals surface area (Å²) in [6, 6.07) is 1.73. The lowest BCUT2D eigenvalue weighted by atomic mass is 10.1. The number of alkyl halides is 4. The van der Waals surface area contributed by atoms with E-state index in [9.17, 15) is 17.6 Å². The molecule has 6 heteroatoms. The van der Waals surface area contributed by atoms with Gasteiger partial charge in [-0.05, 0) is 24.5 Å². The summed E-state index contributed by atoms with van der Waals surface area (Å²) < 4.78 is 49.3. The van der Waals surface area contributed by atoms with E-state index in [2.05, 4.69) is 4.98 Å². The van der Waals surface area contributed by atoms with Crippen LogP contribution in [0.1, 0.15) is 23.2 Å². The first-order valence-corrected chi connectivity index (χ1v) is 5.17. The molecule has 1 heterocycles. The Bertz CT molecular complexity index is 380. The lowest BCUT2D eigenvalue weighted by Gasteiger charge is -2.15. The van der Waals surface area contributed by atoms with Gasteiger partial charge in [0.25, 0.3) is 0 Å². The van der Waals surface area contributed by atoms with E-state index in [1.807, 2.05) is 0 Å². The lowest BCUT2D eigenvalue weighted by Crippen LogP contribution is -2.27. The maximum Gasteiger partial charge on any atom is 0.307 e. The molecular formula is C11H14F4N2. The van der Waals surface area contributed by atoms with Crippen LogP contribution in [0.15, 0.2) is 12.3 Å². The van der Waals surface area contributed by atoms with Crippen LogP contribution in [0.3, 0.4) is 0 Å². The van der Waals surface area contributed by atoms with Gasteiger partial charge in [0.2, 0.25) is 0 Å². The Morgan fingerprint density at radius 2 is 2.06 bits per heavy atom. The Hall–Kier alpha value is -1.17. The zero-order valence-corrected chi connectivity index (χ0v) is 9.39. The zero-order valence-electron chi connectivity index (χ0n) is 9.39. The second kappa shape index (κ2) is 5.44. The molecule has 2 N–H and O–H groups in total. The second-order valence-corrected chi connectivity index (χ2v) is 3.87. The topological polar surface area (TPSA) is 38.9 Å². The Balaban J connectivity index is 2.70. The third kappa shape index (κ3) is 3.66. The van der Waals surface area contributed by atoms with Gasteiger partial charge >= 0.3 is 12.3 Å². The van der Waals surface area contributed by atoms with E-state index in [4.69, 9.17) is 5.73 Å². The Kier molecular flexibility index (Phi) is 4.45. The molecule has 0 aliphatic rings. The number of halogens is 4. The highest BCUT2D eigenvalue weighted by atomic mass is 19.3. The van der Waals surface area contributed by atoms with Crippen LogP contribution in [0.4, 0.5) is 17.6 Å². The molecular weight excluding hydrogens is 236 g/mol. The van der Waals surface area contributed by atoms with Crippen LogP contribution in [-0.2, 0) is 13.0 Å². The molecule has 0 radical (unpaired) electrons. The average molecular weight is 250 g/mol. The summed E-state index contributed by atoms with van der Waals surface area (Å²) in [6.45, 7) is 2.00. The van der Waals surface area contributed by atoms with E-state index >= 15 is 0 Å². The Morgan fingerprint density at radius 1 is 1.41 bits per heavy atom. The average Bonchev–Trinajstić information content (AvgIpc) is 2.27. The van der Waals surface area contributed by atoms with Gasteiger partial charge in [-0.2, -0.15) is 0 Å². The number of hydrogen-bond donors (Lipinski definition) is 1. The van der Waals surface area contributed by atoms with Gasteiger partial charge in [-0.25, -0.2) is 17.6 Å². The van der Waals surface area contributed by atoms with Gasteiger partial charge in [-0.15, -0.1) is 0 Å². The third-order valence-electron chi connectivity index (χ3n) is 2.49. The van der Waals surface area contributed by atoms with Crippen molar-refractivity contribution in [2.24, 2.45) is 5.73 Å². The predicted molar refractivity (Wildman–Crippen MR) is 56.1 cm³/mol. The fourth-order valence-electron chi connectivity index (χ4n) is 1.43. The number of nitrogens with two attached hydrogens (primary N) is 1. The van der Waals surface area contributed by atoms with Crippen LogP contribution in [0.2, 0.25) is 0 Å². The molecule has 2 nitrogen and oxygen atoms in total. The van der Waals surface area contributed by atoms with Gasteiger partial charge in [0.15, 0.2) is 0 Å². The van der Waals surface area contributed by atoms with Crippen LogP contribution in [-0.4, -0.2) is 17.3 Å². The van der Waals surface area contributed by atoms with Crippen molar-refractivity contribution in [1.82, 2.24) is 4.98 Å². The van der Waals surface area contributed by atoms with Gasteiger partial charge in [0.05, 0.1) is 0 Å². The number of hydrogen-bond acceptors (Lipinski definition) is 2. The molecule has 1 aromatic heterocycles. The number of aryl methyl sites for hydroxylation is 2. The van der Waals surface area contributed by atoms with Crippen LogP contribution < -0.4 is 5.73 Å². The van der Waals surface area contributed by atoms with Crippen molar-refractivity contribution >= 4 is 0 Å². The summed E-state index contributed by atoms with van der Waals surface area (Å²) in [5.41, 5.74) is 7.27. The first-order chi connectivity index (χ1) is 7.86. The van der Waals surface area contributed by atoms with Crippen LogP contribution in [0.25, 0.3) is 0 Å². The minimum atomic E-state index is -3.96. The van der Waals surface area contributed by atoms with Crippen LogP contribution >= 0.6 is 0 Å². The molecule has 0 amide bonds. The number of nitrogens with zero attached hydrogens (tertiary/aromatic N) is 1. The normalized spacial score (nSPS) is 12.2. The van der Waals surface area contributed by atoms with Crippen molar-refractivity contribution in [1.29, 1.82) is 0 Å². The van der Waals surface area contributed by atoms with E-state index in [0.717, 1.165) is 5.56 Å². The first kappa shape index (κ1) is 13.9. The van der Waals surface area contributed by atoms with E-state index < -0.39 is 18.8 Å². The summed E-state index contributed by atoms with van der Waals surface area (Å²) in [6.07, 6.45) is -3.23. The van der Waals surface area contributed by atoms with Gasteiger partial charge in [0, 0.05) is 24.9 Å². The molecule has 0 saturated carbocycles. The van der Waals surface area contributed by atoms with Crippen molar-refractivity contribution in [2.75, 3.05) is 0 Å². The van der Waals surface area contributed by atoms with Crippen molar-refractivity contribution in [3.05, 3.63) is 29.1 Å². The van der Waals surface area contributed by atoms with Crippen molar-refractivity contribution in [2.45, 2.75) is 38.7 Å². The molecule has 0 atom stereocenters. The van der Waals surface area contributed by atoms with Crippen LogP contribution in [0, 0.1) is 6.92 Å². The van der Waals surface area contributed by atoms with E-state index in [0.29, 0.717) is 17.8 Å². The molecule has 0 saturated heterocycles. The standard InChI is InChI=1S/C11H14F4N2/c1-7-4-8(5-16)6-17-9(7)2-3-11(14,15)10(12)13/h4,6,10H,2-3,5,16H2,1H3. The molecule has 0 aliphatic heterocycles. The number of aromatic nitrogens is 1. The minimum absolute atomic E-state index is 0.173. The van der Waals surface area contributed by atoms with E-state index in [1.165, 1.54) is 6.20 Å². The first-order valence-electron chi connectivity index (χ1n) is 5.17. The molecule has 0 bridgehead atoms. The number of pyridine rings is 1. The molecule has 1 aromatic rings. The highest BCUT2D eigenvalue weighted by Crippen LogP contribution is 2.28. The Morgan fingerprint density at radius 3 is 2.53 bits per heavy atom. The predicted octanol–water partition coefficient (Wildman–Crippen LogP) is 2.68. The quantitative estimate of drug-likeness (QED) is 0.816. The van der Waals surface area contributed by atoms with E-state index in [-0.39, 0.29) is 6.42 Å². The number of rotatable bonds is 5. The third-order valence-corrected chi connectivity index (χ3v) is 2.49. The van der Waals surface area contributed by atoms with Crippen molar-refractivity contribution in [3.8, 4) is 0 Å². The molecule has 0 aliphatic carbocycles. The highest BCUT2D eigenvalue weighted by Gasteiger charge is 2.40. The molecule has 0 spiro atoms. The smallest absolute Gasteiger partial charge is 0.307 e. The molecule has 0 fully saturated rings. The molecule has 1 rings (SSSR count).